The summed E-state index contributed by atoms with van der Waals surface area (Å²) in [5, 5.41) is 2.89. The molecule has 2 aromatic rings. The first-order chi connectivity index (χ1) is 11.1. The normalized spacial score (nSPS) is 10.6. The van der Waals surface area contributed by atoms with Crippen molar-refractivity contribution in [1.82, 2.24) is 5.32 Å². The molecule has 122 valence electrons. The minimum Gasteiger partial charge on any atom is -0.496 e. The van der Waals surface area contributed by atoms with E-state index in [1.165, 1.54) is 0 Å². The number of hydrogen-bond donors (Lipinski definition) is 1. The third kappa shape index (κ3) is 5.11. The number of hydrogen-bond acceptors (Lipinski definition) is 3. The molecule has 0 unspecified atom stereocenters. The second-order valence-corrected chi connectivity index (χ2v) is 5.63. The van der Waals surface area contributed by atoms with Gasteiger partial charge in [-0.2, -0.15) is 0 Å². The van der Waals surface area contributed by atoms with Crippen LogP contribution < -0.4 is 10.1 Å². The number of amides is 1. The van der Waals surface area contributed by atoms with Crippen molar-refractivity contribution in [2.24, 2.45) is 0 Å². The summed E-state index contributed by atoms with van der Waals surface area (Å²) in [6, 6.07) is 15.5. The van der Waals surface area contributed by atoms with E-state index in [1.54, 1.807) is 19.2 Å². The van der Waals surface area contributed by atoms with Gasteiger partial charge in [0.05, 0.1) is 20.3 Å². The van der Waals surface area contributed by atoms with Gasteiger partial charge >= 0.3 is 0 Å². The lowest BCUT2D eigenvalue weighted by Gasteiger charge is -2.13. The fourth-order valence-corrected chi connectivity index (χ4v) is 2.23. The van der Waals surface area contributed by atoms with E-state index in [4.69, 9.17) is 9.47 Å². The highest BCUT2D eigenvalue weighted by Gasteiger charge is 2.11. The van der Waals surface area contributed by atoms with Gasteiger partial charge in [0, 0.05) is 17.2 Å². The summed E-state index contributed by atoms with van der Waals surface area (Å²) in [5.74, 6) is 0.631. The molecule has 0 saturated heterocycles. The Kier molecular flexibility index (Phi) is 6.18. The van der Waals surface area contributed by atoms with Crippen LogP contribution in [0.4, 0.5) is 0 Å². The van der Waals surface area contributed by atoms with Crippen molar-refractivity contribution < 1.29 is 14.3 Å². The molecule has 0 spiro atoms. The van der Waals surface area contributed by atoms with Crippen LogP contribution in [-0.2, 0) is 18.0 Å². The maximum Gasteiger partial charge on any atom is 0.251 e. The molecule has 4 nitrogen and oxygen atoms in total. The van der Waals surface area contributed by atoms with Gasteiger partial charge in [-0.3, -0.25) is 4.79 Å². The Morgan fingerprint density at radius 3 is 2.48 bits per heavy atom. The van der Waals surface area contributed by atoms with Crippen molar-refractivity contribution in [3.63, 3.8) is 0 Å². The van der Waals surface area contributed by atoms with Crippen molar-refractivity contribution in [2.75, 3.05) is 7.11 Å². The molecule has 0 aliphatic carbocycles. The Morgan fingerprint density at radius 2 is 1.83 bits per heavy atom. The fraction of sp³-hybridized carbons (Fsp3) is 0.316. The molecule has 0 saturated carbocycles. The van der Waals surface area contributed by atoms with Crippen molar-refractivity contribution in [3.05, 3.63) is 65.2 Å². The molecule has 0 heterocycles. The number of benzene rings is 2. The highest BCUT2D eigenvalue weighted by atomic mass is 16.5. The Bertz CT molecular complexity index is 638. The maximum atomic E-state index is 12.1. The van der Waals surface area contributed by atoms with E-state index in [1.807, 2.05) is 50.2 Å². The lowest BCUT2D eigenvalue weighted by atomic mass is 10.1. The Hall–Kier alpha value is -2.33. The third-order valence-corrected chi connectivity index (χ3v) is 3.33. The van der Waals surface area contributed by atoms with Gasteiger partial charge in [-0.05, 0) is 37.6 Å². The number of rotatable bonds is 7. The Morgan fingerprint density at radius 1 is 1.09 bits per heavy atom. The van der Waals surface area contributed by atoms with Gasteiger partial charge in [-0.15, -0.1) is 0 Å². The molecule has 0 aliphatic heterocycles. The van der Waals surface area contributed by atoms with Crippen LogP contribution in [0.2, 0.25) is 0 Å². The summed E-state index contributed by atoms with van der Waals surface area (Å²) in [7, 11) is 1.61. The lowest BCUT2D eigenvalue weighted by molar-refractivity contribution is 0.0940. The van der Waals surface area contributed by atoms with Gasteiger partial charge in [-0.25, -0.2) is 0 Å². The van der Waals surface area contributed by atoms with Crippen LogP contribution in [0.5, 0.6) is 5.75 Å². The fourth-order valence-electron chi connectivity index (χ4n) is 2.23. The minimum absolute atomic E-state index is 0.0908. The molecule has 2 rings (SSSR count). The third-order valence-electron chi connectivity index (χ3n) is 3.33. The predicted molar refractivity (Wildman–Crippen MR) is 90.5 cm³/mol. The van der Waals surface area contributed by atoms with Crippen molar-refractivity contribution >= 4 is 5.91 Å². The zero-order valence-corrected chi connectivity index (χ0v) is 13.8. The zero-order valence-electron chi connectivity index (χ0n) is 13.8. The van der Waals surface area contributed by atoms with Gasteiger partial charge in [0.25, 0.3) is 5.91 Å². The zero-order chi connectivity index (χ0) is 16.7. The summed E-state index contributed by atoms with van der Waals surface area (Å²) >= 11 is 0. The summed E-state index contributed by atoms with van der Waals surface area (Å²) in [5.41, 5.74) is 2.58. The summed E-state index contributed by atoms with van der Waals surface area (Å²) in [6.45, 7) is 4.78. The topological polar surface area (TPSA) is 47.6 Å². The van der Waals surface area contributed by atoms with E-state index in [-0.39, 0.29) is 11.9 Å². The molecule has 0 fully saturated rings. The monoisotopic (exact) mass is 313 g/mol. The van der Waals surface area contributed by atoms with Crippen LogP contribution >= 0.6 is 0 Å². The number of carbonyl (C=O) groups excluding carboxylic acids is 1. The van der Waals surface area contributed by atoms with Gasteiger partial charge in [0.15, 0.2) is 0 Å². The Balaban J connectivity index is 2.05. The van der Waals surface area contributed by atoms with Gasteiger partial charge in [0.2, 0.25) is 0 Å². The van der Waals surface area contributed by atoms with Crippen LogP contribution in [-0.4, -0.2) is 19.1 Å². The number of ether oxygens (including phenoxy) is 2. The minimum atomic E-state index is -0.0908. The molecule has 0 aliphatic rings. The molecular weight excluding hydrogens is 290 g/mol. The summed E-state index contributed by atoms with van der Waals surface area (Å²) in [6.07, 6.45) is 0. The van der Waals surface area contributed by atoms with Crippen LogP contribution in [0, 0.1) is 0 Å². The van der Waals surface area contributed by atoms with Gasteiger partial charge in [-0.1, -0.05) is 30.3 Å². The first kappa shape index (κ1) is 17.0. The van der Waals surface area contributed by atoms with Crippen molar-refractivity contribution in [3.8, 4) is 5.75 Å². The quantitative estimate of drug-likeness (QED) is 0.850. The molecule has 1 amide bonds. The van der Waals surface area contributed by atoms with E-state index in [2.05, 4.69) is 5.32 Å². The predicted octanol–water partition coefficient (Wildman–Crippen LogP) is 3.55. The smallest absolute Gasteiger partial charge is 0.251 e. The SMILES string of the molecule is COc1ccc(C(=O)NC(C)C)cc1COCc1ccccc1. The highest BCUT2D eigenvalue weighted by Crippen LogP contribution is 2.21. The Labute approximate surface area is 137 Å². The van der Waals surface area contributed by atoms with E-state index in [0.29, 0.717) is 18.8 Å². The summed E-state index contributed by atoms with van der Waals surface area (Å²) < 4.78 is 11.1. The first-order valence-electron chi connectivity index (χ1n) is 7.69. The van der Waals surface area contributed by atoms with Crippen LogP contribution in [0.1, 0.15) is 35.3 Å². The van der Waals surface area contributed by atoms with Gasteiger partial charge < -0.3 is 14.8 Å². The largest absolute Gasteiger partial charge is 0.496 e. The molecule has 2 aromatic carbocycles. The number of nitrogens with one attached hydrogen (secondary N) is 1. The van der Waals surface area contributed by atoms with E-state index in [0.717, 1.165) is 16.9 Å². The van der Waals surface area contributed by atoms with Crippen LogP contribution in [0.15, 0.2) is 48.5 Å². The molecule has 1 N–H and O–H groups in total. The van der Waals surface area contributed by atoms with E-state index in [9.17, 15) is 4.79 Å². The molecule has 0 aromatic heterocycles. The average molecular weight is 313 g/mol. The molecule has 0 bridgehead atoms. The molecule has 0 radical (unpaired) electrons. The molecule has 23 heavy (non-hydrogen) atoms. The summed E-state index contributed by atoms with van der Waals surface area (Å²) in [4.78, 5) is 12.1. The lowest BCUT2D eigenvalue weighted by Crippen LogP contribution is -2.30. The second-order valence-electron chi connectivity index (χ2n) is 5.63. The number of methoxy groups -OCH3 is 1. The molecule has 4 heteroatoms. The number of carbonyl (C=O) groups is 1. The van der Waals surface area contributed by atoms with Crippen LogP contribution in [0.25, 0.3) is 0 Å². The first-order valence-corrected chi connectivity index (χ1v) is 7.69. The van der Waals surface area contributed by atoms with Crippen molar-refractivity contribution in [2.45, 2.75) is 33.1 Å². The second kappa shape index (κ2) is 8.34. The van der Waals surface area contributed by atoms with E-state index >= 15 is 0 Å². The van der Waals surface area contributed by atoms with Crippen LogP contribution in [0.3, 0.4) is 0 Å². The molecular formula is C19H23NO3. The standard InChI is InChI=1S/C19H23NO3/c1-14(2)20-19(21)16-9-10-18(22-3)17(11-16)13-23-12-15-7-5-4-6-8-15/h4-11,14H,12-13H2,1-3H3,(H,20,21). The van der Waals surface area contributed by atoms with Gasteiger partial charge in [0.1, 0.15) is 5.75 Å². The average Bonchev–Trinajstić information content (AvgIpc) is 2.55. The van der Waals surface area contributed by atoms with Crippen molar-refractivity contribution in [1.29, 1.82) is 0 Å². The van der Waals surface area contributed by atoms with E-state index < -0.39 is 0 Å². The maximum absolute atomic E-state index is 12.1. The highest BCUT2D eigenvalue weighted by molar-refractivity contribution is 5.94. The molecule has 0 atom stereocenters.